The normalized spacial score (nSPS) is 17.6. The smallest absolute Gasteiger partial charge is 0.309 e. The van der Waals surface area contributed by atoms with Crippen molar-refractivity contribution in [2.24, 2.45) is 5.92 Å². The second-order valence-electron chi connectivity index (χ2n) is 6.12. The van der Waals surface area contributed by atoms with Crippen molar-refractivity contribution in [3.63, 3.8) is 0 Å². The van der Waals surface area contributed by atoms with Crippen LogP contribution < -0.4 is 0 Å². The highest BCUT2D eigenvalue weighted by Crippen LogP contribution is 2.19. The van der Waals surface area contributed by atoms with Gasteiger partial charge in [0.2, 0.25) is 0 Å². The molecule has 0 amide bonds. The van der Waals surface area contributed by atoms with Gasteiger partial charge in [0.15, 0.2) is 0 Å². The Morgan fingerprint density at radius 1 is 1.33 bits per heavy atom. The zero-order valence-electron chi connectivity index (χ0n) is 14.1. The standard InChI is InChI=1S/C18H26ClNO4/c1-2-24-18(22)15-7-9-20(10-8-15)11-17(21)13-23-12-14-3-5-16(19)6-4-14/h3-6,15,17,21H,2,7-13H2,1H3/t17-/m0/s1. The Morgan fingerprint density at radius 3 is 2.62 bits per heavy atom. The summed E-state index contributed by atoms with van der Waals surface area (Å²) in [6.45, 7) is 5.18. The first kappa shape index (κ1) is 19.2. The first-order chi connectivity index (χ1) is 11.6. The van der Waals surface area contributed by atoms with Crippen molar-refractivity contribution in [2.45, 2.75) is 32.5 Å². The number of aliphatic hydroxyl groups excluding tert-OH is 1. The van der Waals surface area contributed by atoms with E-state index >= 15 is 0 Å². The fourth-order valence-electron chi connectivity index (χ4n) is 2.86. The lowest BCUT2D eigenvalue weighted by molar-refractivity contribution is -0.149. The van der Waals surface area contributed by atoms with E-state index < -0.39 is 6.10 Å². The lowest BCUT2D eigenvalue weighted by atomic mass is 9.97. The summed E-state index contributed by atoms with van der Waals surface area (Å²) in [6, 6.07) is 7.47. The van der Waals surface area contributed by atoms with Crippen molar-refractivity contribution in [2.75, 3.05) is 32.8 Å². The van der Waals surface area contributed by atoms with Gasteiger partial charge in [-0.1, -0.05) is 23.7 Å². The number of piperidine rings is 1. The molecule has 0 bridgehead atoms. The van der Waals surface area contributed by atoms with Gasteiger partial charge >= 0.3 is 5.97 Å². The summed E-state index contributed by atoms with van der Waals surface area (Å²) in [5.41, 5.74) is 1.03. The highest BCUT2D eigenvalue weighted by Gasteiger charge is 2.26. The van der Waals surface area contributed by atoms with Crippen LogP contribution in [-0.2, 0) is 20.9 Å². The van der Waals surface area contributed by atoms with Crippen molar-refractivity contribution in [3.05, 3.63) is 34.9 Å². The molecule has 1 heterocycles. The number of carbonyl (C=O) groups is 1. The Hall–Kier alpha value is -1.14. The second-order valence-corrected chi connectivity index (χ2v) is 6.56. The Balaban J connectivity index is 1.62. The minimum absolute atomic E-state index is 0.000465. The summed E-state index contributed by atoms with van der Waals surface area (Å²) in [4.78, 5) is 13.9. The Labute approximate surface area is 148 Å². The van der Waals surface area contributed by atoms with Crippen LogP contribution in [0, 0.1) is 5.92 Å². The molecule has 5 nitrogen and oxygen atoms in total. The fourth-order valence-corrected chi connectivity index (χ4v) is 2.98. The predicted octanol–water partition coefficient (Wildman–Crippen LogP) is 2.49. The number of ether oxygens (including phenoxy) is 2. The molecule has 24 heavy (non-hydrogen) atoms. The van der Waals surface area contributed by atoms with Gasteiger partial charge in [-0.2, -0.15) is 0 Å². The van der Waals surface area contributed by atoms with E-state index in [1.807, 2.05) is 31.2 Å². The number of nitrogens with zero attached hydrogens (tertiary/aromatic N) is 1. The zero-order valence-corrected chi connectivity index (χ0v) is 14.9. The largest absolute Gasteiger partial charge is 0.466 e. The van der Waals surface area contributed by atoms with E-state index in [-0.39, 0.29) is 11.9 Å². The van der Waals surface area contributed by atoms with Crippen LogP contribution in [0.3, 0.4) is 0 Å². The first-order valence-electron chi connectivity index (χ1n) is 8.47. The lowest BCUT2D eigenvalue weighted by Crippen LogP contribution is -2.41. The molecule has 1 aliphatic heterocycles. The summed E-state index contributed by atoms with van der Waals surface area (Å²) in [5.74, 6) is -0.0940. The van der Waals surface area contributed by atoms with Crippen LogP contribution in [0.15, 0.2) is 24.3 Å². The second kappa shape index (κ2) is 9.99. The Kier molecular flexibility index (Phi) is 7.99. The molecule has 6 heteroatoms. The van der Waals surface area contributed by atoms with E-state index in [1.54, 1.807) is 0 Å². The molecular formula is C18H26ClNO4. The van der Waals surface area contributed by atoms with Gasteiger partial charge in [-0.15, -0.1) is 0 Å². The average molecular weight is 356 g/mol. The summed E-state index contributed by atoms with van der Waals surface area (Å²) in [7, 11) is 0. The number of carbonyl (C=O) groups excluding carboxylic acids is 1. The molecule has 0 spiro atoms. The number of hydrogen-bond acceptors (Lipinski definition) is 5. The topological polar surface area (TPSA) is 59.0 Å². The zero-order chi connectivity index (χ0) is 17.4. The average Bonchev–Trinajstić information content (AvgIpc) is 2.57. The number of benzene rings is 1. The van der Waals surface area contributed by atoms with Crippen LogP contribution in [-0.4, -0.2) is 54.9 Å². The van der Waals surface area contributed by atoms with Crippen LogP contribution in [0.4, 0.5) is 0 Å². The number of aliphatic hydroxyl groups is 1. The van der Waals surface area contributed by atoms with E-state index in [4.69, 9.17) is 21.1 Å². The Bertz CT molecular complexity index is 500. The van der Waals surface area contributed by atoms with Gasteiger partial charge in [0.1, 0.15) is 0 Å². The molecule has 1 aromatic carbocycles. The molecule has 1 saturated heterocycles. The molecule has 0 aliphatic carbocycles. The minimum atomic E-state index is -0.531. The van der Waals surface area contributed by atoms with Gasteiger partial charge in [-0.3, -0.25) is 4.79 Å². The summed E-state index contributed by atoms with van der Waals surface area (Å²) < 4.78 is 10.6. The number of likely N-dealkylation sites (tertiary alicyclic amines) is 1. The maximum atomic E-state index is 11.7. The number of rotatable bonds is 8. The summed E-state index contributed by atoms with van der Waals surface area (Å²) >= 11 is 5.84. The van der Waals surface area contributed by atoms with Gasteiger partial charge in [-0.05, 0) is 50.6 Å². The van der Waals surface area contributed by atoms with Gasteiger partial charge in [0.25, 0.3) is 0 Å². The third-order valence-electron chi connectivity index (χ3n) is 4.17. The van der Waals surface area contributed by atoms with Crippen molar-refractivity contribution in [3.8, 4) is 0 Å². The Morgan fingerprint density at radius 2 is 2.00 bits per heavy atom. The quantitative estimate of drug-likeness (QED) is 0.726. The molecular weight excluding hydrogens is 330 g/mol. The maximum absolute atomic E-state index is 11.7. The van der Waals surface area contributed by atoms with Crippen molar-refractivity contribution >= 4 is 17.6 Å². The van der Waals surface area contributed by atoms with Crippen LogP contribution in [0.25, 0.3) is 0 Å². The molecule has 0 aromatic heterocycles. The molecule has 0 radical (unpaired) electrons. The SMILES string of the molecule is CCOC(=O)C1CCN(C[C@H](O)COCc2ccc(Cl)cc2)CC1. The first-order valence-corrected chi connectivity index (χ1v) is 8.85. The molecule has 1 aliphatic rings. The molecule has 1 aromatic rings. The van der Waals surface area contributed by atoms with Gasteiger partial charge < -0.3 is 19.5 Å². The van der Waals surface area contributed by atoms with E-state index in [2.05, 4.69) is 4.90 Å². The third kappa shape index (κ3) is 6.40. The third-order valence-corrected chi connectivity index (χ3v) is 4.42. The number of hydrogen-bond donors (Lipinski definition) is 1. The highest BCUT2D eigenvalue weighted by atomic mass is 35.5. The van der Waals surface area contributed by atoms with Crippen LogP contribution in [0.2, 0.25) is 5.02 Å². The van der Waals surface area contributed by atoms with Crippen molar-refractivity contribution in [1.82, 2.24) is 4.90 Å². The highest BCUT2D eigenvalue weighted by molar-refractivity contribution is 6.30. The van der Waals surface area contributed by atoms with Gasteiger partial charge in [-0.25, -0.2) is 0 Å². The van der Waals surface area contributed by atoms with E-state index in [0.29, 0.717) is 31.4 Å². The van der Waals surface area contributed by atoms with E-state index in [0.717, 1.165) is 31.5 Å². The molecule has 0 saturated carbocycles. The summed E-state index contributed by atoms with van der Waals surface area (Å²) in [6.07, 6.45) is 1.05. The van der Waals surface area contributed by atoms with Gasteiger partial charge in [0.05, 0.1) is 31.8 Å². The molecule has 1 fully saturated rings. The maximum Gasteiger partial charge on any atom is 0.309 e. The number of halogens is 1. The molecule has 1 N–H and O–H groups in total. The molecule has 2 rings (SSSR count). The molecule has 134 valence electrons. The molecule has 1 atom stereocenters. The van der Waals surface area contributed by atoms with Crippen molar-refractivity contribution in [1.29, 1.82) is 0 Å². The minimum Gasteiger partial charge on any atom is -0.466 e. The van der Waals surface area contributed by atoms with Crippen LogP contribution in [0.1, 0.15) is 25.3 Å². The fraction of sp³-hybridized carbons (Fsp3) is 0.611. The summed E-state index contributed by atoms with van der Waals surface area (Å²) in [5, 5.41) is 10.8. The predicted molar refractivity (Wildman–Crippen MR) is 92.9 cm³/mol. The molecule has 0 unspecified atom stereocenters. The van der Waals surface area contributed by atoms with Gasteiger partial charge in [0, 0.05) is 11.6 Å². The number of esters is 1. The van der Waals surface area contributed by atoms with Crippen LogP contribution in [0.5, 0.6) is 0 Å². The van der Waals surface area contributed by atoms with Crippen molar-refractivity contribution < 1.29 is 19.4 Å². The number of β-amino-alcohol motifs (C(OH)–C–C–N with tert-alkyl or cyclic N) is 1. The van der Waals surface area contributed by atoms with E-state index in [1.165, 1.54) is 0 Å². The monoisotopic (exact) mass is 355 g/mol. The van der Waals surface area contributed by atoms with Crippen LogP contribution >= 0.6 is 11.6 Å². The lowest BCUT2D eigenvalue weighted by Gasteiger charge is -2.32. The van der Waals surface area contributed by atoms with E-state index in [9.17, 15) is 9.90 Å².